The highest BCUT2D eigenvalue weighted by Gasteiger charge is 2.06. The summed E-state index contributed by atoms with van der Waals surface area (Å²) in [6.45, 7) is 1.99. The van der Waals surface area contributed by atoms with E-state index in [-0.39, 0.29) is 0 Å². The summed E-state index contributed by atoms with van der Waals surface area (Å²) in [7, 11) is 1.82. The molecule has 0 atom stereocenters. The Kier molecular flexibility index (Phi) is 2.75. The standard InChI is InChI=1S/C11H13ClN4/c1-7-3-4-10(8(12)5-7)14-11-9(13)6-16(2)15-11/h3-6H,13H2,1-2H3,(H,14,15). The Labute approximate surface area is 99.0 Å². The number of aromatic nitrogens is 2. The molecule has 0 amide bonds. The number of rotatable bonds is 2. The molecule has 2 aromatic rings. The maximum absolute atomic E-state index is 6.10. The Bertz CT molecular complexity index is 519. The maximum atomic E-state index is 6.10. The highest BCUT2D eigenvalue weighted by atomic mass is 35.5. The molecule has 16 heavy (non-hydrogen) atoms. The fraction of sp³-hybridized carbons (Fsp3) is 0.182. The first-order valence-corrected chi connectivity index (χ1v) is 5.26. The molecule has 4 nitrogen and oxygen atoms in total. The average molecular weight is 237 g/mol. The molecule has 0 saturated heterocycles. The van der Waals surface area contributed by atoms with Gasteiger partial charge in [0.05, 0.1) is 16.4 Å². The molecule has 0 bridgehead atoms. The van der Waals surface area contributed by atoms with Crippen molar-refractivity contribution in [2.45, 2.75) is 6.92 Å². The van der Waals surface area contributed by atoms with Crippen LogP contribution in [0, 0.1) is 6.92 Å². The van der Waals surface area contributed by atoms with Gasteiger partial charge in [0.2, 0.25) is 0 Å². The predicted molar refractivity (Wildman–Crippen MR) is 67.1 cm³/mol. The van der Waals surface area contributed by atoms with Crippen LogP contribution in [0.15, 0.2) is 24.4 Å². The number of halogens is 1. The average Bonchev–Trinajstić information content (AvgIpc) is 2.50. The van der Waals surface area contributed by atoms with Crippen molar-refractivity contribution in [1.29, 1.82) is 0 Å². The Morgan fingerprint density at radius 1 is 1.44 bits per heavy atom. The van der Waals surface area contributed by atoms with Crippen LogP contribution in [0.25, 0.3) is 0 Å². The minimum atomic E-state index is 0.596. The van der Waals surface area contributed by atoms with Crippen LogP contribution >= 0.6 is 11.6 Å². The van der Waals surface area contributed by atoms with E-state index in [4.69, 9.17) is 17.3 Å². The van der Waals surface area contributed by atoms with E-state index < -0.39 is 0 Å². The number of nitrogens with two attached hydrogens (primary N) is 1. The van der Waals surface area contributed by atoms with Crippen LogP contribution in [0.1, 0.15) is 5.56 Å². The number of hydrogen-bond acceptors (Lipinski definition) is 3. The van der Waals surface area contributed by atoms with E-state index >= 15 is 0 Å². The smallest absolute Gasteiger partial charge is 0.175 e. The lowest BCUT2D eigenvalue weighted by Gasteiger charge is -2.06. The van der Waals surface area contributed by atoms with Crippen LogP contribution in [0.2, 0.25) is 5.02 Å². The number of benzene rings is 1. The SMILES string of the molecule is Cc1ccc(Nc2nn(C)cc2N)c(Cl)c1. The van der Waals surface area contributed by atoms with Gasteiger partial charge in [-0.3, -0.25) is 4.68 Å². The van der Waals surface area contributed by atoms with E-state index in [2.05, 4.69) is 10.4 Å². The number of nitrogens with zero attached hydrogens (tertiary/aromatic N) is 2. The third-order valence-electron chi connectivity index (χ3n) is 2.23. The summed E-state index contributed by atoms with van der Waals surface area (Å²) >= 11 is 6.10. The van der Waals surface area contributed by atoms with E-state index in [1.165, 1.54) is 0 Å². The summed E-state index contributed by atoms with van der Waals surface area (Å²) in [6.07, 6.45) is 1.74. The molecule has 2 rings (SSSR count). The monoisotopic (exact) mass is 236 g/mol. The highest BCUT2D eigenvalue weighted by molar-refractivity contribution is 6.33. The van der Waals surface area contributed by atoms with Crippen molar-refractivity contribution >= 4 is 28.8 Å². The number of nitrogen functional groups attached to an aromatic ring is 1. The van der Waals surface area contributed by atoms with Crippen molar-refractivity contribution in [2.24, 2.45) is 7.05 Å². The second kappa shape index (κ2) is 4.06. The molecule has 0 aliphatic heterocycles. The van der Waals surface area contributed by atoms with Crippen molar-refractivity contribution in [2.75, 3.05) is 11.1 Å². The molecule has 0 radical (unpaired) electrons. The van der Waals surface area contributed by atoms with Crippen molar-refractivity contribution in [3.05, 3.63) is 35.0 Å². The normalized spacial score (nSPS) is 10.4. The molecular formula is C11H13ClN4. The van der Waals surface area contributed by atoms with Gasteiger partial charge in [-0.25, -0.2) is 0 Å². The fourth-order valence-corrected chi connectivity index (χ4v) is 1.74. The minimum absolute atomic E-state index is 0.596. The predicted octanol–water partition coefficient (Wildman–Crippen LogP) is 2.71. The van der Waals surface area contributed by atoms with Crippen LogP contribution in [0.4, 0.5) is 17.2 Å². The topological polar surface area (TPSA) is 55.9 Å². The second-order valence-corrected chi connectivity index (χ2v) is 4.12. The van der Waals surface area contributed by atoms with Crippen molar-refractivity contribution in [1.82, 2.24) is 9.78 Å². The molecule has 0 fully saturated rings. The summed E-state index contributed by atoms with van der Waals surface area (Å²) in [4.78, 5) is 0. The van der Waals surface area contributed by atoms with Crippen molar-refractivity contribution < 1.29 is 0 Å². The van der Waals surface area contributed by atoms with E-state index in [1.807, 2.05) is 32.2 Å². The van der Waals surface area contributed by atoms with E-state index in [1.54, 1.807) is 10.9 Å². The third-order valence-corrected chi connectivity index (χ3v) is 2.55. The van der Waals surface area contributed by atoms with Crippen LogP contribution in [-0.2, 0) is 7.05 Å². The Morgan fingerprint density at radius 2 is 2.19 bits per heavy atom. The zero-order valence-electron chi connectivity index (χ0n) is 9.16. The van der Waals surface area contributed by atoms with Crippen molar-refractivity contribution in [3.8, 4) is 0 Å². The molecule has 1 heterocycles. The summed E-state index contributed by atoms with van der Waals surface area (Å²) in [6, 6.07) is 5.78. The minimum Gasteiger partial charge on any atom is -0.394 e. The zero-order chi connectivity index (χ0) is 11.7. The van der Waals surface area contributed by atoms with Gasteiger partial charge in [0.15, 0.2) is 5.82 Å². The molecular weight excluding hydrogens is 224 g/mol. The summed E-state index contributed by atoms with van der Waals surface area (Å²) in [5.41, 5.74) is 8.30. The first-order chi connectivity index (χ1) is 7.56. The summed E-state index contributed by atoms with van der Waals surface area (Å²) in [5, 5.41) is 7.95. The summed E-state index contributed by atoms with van der Waals surface area (Å²) < 4.78 is 1.65. The van der Waals surface area contributed by atoms with Gasteiger partial charge in [-0.2, -0.15) is 5.10 Å². The number of nitrogens with one attached hydrogen (secondary N) is 1. The van der Waals surface area contributed by atoms with Gasteiger partial charge in [0, 0.05) is 13.2 Å². The van der Waals surface area contributed by atoms with Gasteiger partial charge in [-0.05, 0) is 24.6 Å². The molecule has 84 valence electrons. The fourth-order valence-electron chi connectivity index (χ4n) is 1.45. The van der Waals surface area contributed by atoms with Gasteiger partial charge in [0.25, 0.3) is 0 Å². The van der Waals surface area contributed by atoms with Crippen LogP contribution < -0.4 is 11.1 Å². The first-order valence-electron chi connectivity index (χ1n) is 4.88. The lowest BCUT2D eigenvalue weighted by atomic mass is 10.2. The molecule has 0 saturated carbocycles. The zero-order valence-corrected chi connectivity index (χ0v) is 9.92. The Balaban J connectivity index is 2.30. The quantitative estimate of drug-likeness (QED) is 0.843. The largest absolute Gasteiger partial charge is 0.394 e. The number of hydrogen-bond donors (Lipinski definition) is 2. The van der Waals surface area contributed by atoms with E-state index in [0.29, 0.717) is 16.5 Å². The van der Waals surface area contributed by atoms with Crippen LogP contribution in [0.5, 0.6) is 0 Å². The Hall–Kier alpha value is -1.68. The third kappa shape index (κ3) is 2.12. The molecule has 1 aromatic carbocycles. The number of aryl methyl sites for hydroxylation is 2. The van der Waals surface area contributed by atoms with Gasteiger partial charge in [-0.1, -0.05) is 17.7 Å². The Morgan fingerprint density at radius 3 is 2.75 bits per heavy atom. The molecule has 1 aromatic heterocycles. The second-order valence-electron chi connectivity index (χ2n) is 3.72. The molecule has 0 unspecified atom stereocenters. The lowest BCUT2D eigenvalue weighted by molar-refractivity contribution is 0.771. The lowest BCUT2D eigenvalue weighted by Crippen LogP contribution is -1.96. The van der Waals surface area contributed by atoms with E-state index in [9.17, 15) is 0 Å². The van der Waals surface area contributed by atoms with Gasteiger partial charge in [0.1, 0.15) is 0 Å². The molecule has 0 aliphatic carbocycles. The highest BCUT2D eigenvalue weighted by Crippen LogP contribution is 2.27. The van der Waals surface area contributed by atoms with Crippen molar-refractivity contribution in [3.63, 3.8) is 0 Å². The molecule has 5 heteroatoms. The van der Waals surface area contributed by atoms with Crippen LogP contribution in [-0.4, -0.2) is 9.78 Å². The van der Waals surface area contributed by atoms with Gasteiger partial charge in [-0.15, -0.1) is 0 Å². The van der Waals surface area contributed by atoms with E-state index in [0.717, 1.165) is 11.3 Å². The van der Waals surface area contributed by atoms with Gasteiger partial charge < -0.3 is 11.1 Å². The molecule has 0 spiro atoms. The molecule has 0 aliphatic rings. The maximum Gasteiger partial charge on any atom is 0.175 e. The molecule has 3 N–H and O–H groups in total. The number of anilines is 3. The van der Waals surface area contributed by atoms with Crippen LogP contribution in [0.3, 0.4) is 0 Å². The summed E-state index contributed by atoms with van der Waals surface area (Å²) in [5.74, 6) is 0.619. The first kappa shape index (κ1) is 10.8. The van der Waals surface area contributed by atoms with Gasteiger partial charge >= 0.3 is 0 Å².